The standard InChI is InChI=1S/C7H7FNO/c8-4-6-9-5-2-1-3-7(9)10/h1-2,5H,4,6H2. The van der Waals surface area contributed by atoms with Gasteiger partial charge in [0.15, 0.2) is 0 Å². The van der Waals surface area contributed by atoms with Crippen LogP contribution in [0.5, 0.6) is 0 Å². The molecule has 0 aliphatic carbocycles. The van der Waals surface area contributed by atoms with Crippen LogP contribution in [0.3, 0.4) is 0 Å². The summed E-state index contributed by atoms with van der Waals surface area (Å²) in [5, 5.41) is 0. The zero-order chi connectivity index (χ0) is 7.40. The molecule has 0 aromatic carbocycles. The molecule has 1 aromatic rings. The van der Waals surface area contributed by atoms with Crippen molar-refractivity contribution in [1.29, 1.82) is 0 Å². The largest absolute Gasteiger partial charge is 0.312 e. The molecule has 0 spiro atoms. The van der Waals surface area contributed by atoms with Gasteiger partial charge in [0, 0.05) is 6.20 Å². The number of pyridine rings is 1. The average molecular weight is 140 g/mol. The van der Waals surface area contributed by atoms with Gasteiger partial charge in [0.2, 0.25) is 0 Å². The maximum absolute atomic E-state index is 11.7. The zero-order valence-corrected chi connectivity index (χ0v) is 5.38. The third-order valence-corrected chi connectivity index (χ3v) is 1.16. The van der Waals surface area contributed by atoms with Crippen LogP contribution >= 0.6 is 0 Å². The van der Waals surface area contributed by atoms with Gasteiger partial charge in [0.1, 0.15) is 6.67 Å². The van der Waals surface area contributed by atoms with Gasteiger partial charge < -0.3 is 4.57 Å². The van der Waals surface area contributed by atoms with Crippen LogP contribution in [0.1, 0.15) is 0 Å². The minimum Gasteiger partial charge on any atom is -0.312 e. The summed E-state index contributed by atoms with van der Waals surface area (Å²) in [5.41, 5.74) is -0.278. The predicted molar refractivity (Wildman–Crippen MR) is 35.5 cm³/mol. The normalized spacial score (nSPS) is 9.70. The number of nitrogens with zero attached hydrogens (tertiary/aromatic N) is 1. The van der Waals surface area contributed by atoms with Crippen molar-refractivity contribution in [2.75, 3.05) is 6.67 Å². The first kappa shape index (κ1) is 6.99. The first-order chi connectivity index (χ1) is 4.84. The van der Waals surface area contributed by atoms with Gasteiger partial charge in [-0.05, 0) is 12.1 Å². The van der Waals surface area contributed by atoms with Crippen LogP contribution in [-0.4, -0.2) is 11.2 Å². The summed E-state index contributed by atoms with van der Waals surface area (Å²) in [4.78, 5) is 10.7. The van der Waals surface area contributed by atoms with E-state index < -0.39 is 6.67 Å². The van der Waals surface area contributed by atoms with E-state index in [0.29, 0.717) is 0 Å². The van der Waals surface area contributed by atoms with Crippen molar-refractivity contribution in [3.05, 3.63) is 34.7 Å². The summed E-state index contributed by atoms with van der Waals surface area (Å²) in [6.45, 7) is -0.395. The molecule has 0 bridgehead atoms. The first-order valence-corrected chi connectivity index (χ1v) is 2.97. The lowest BCUT2D eigenvalue weighted by Crippen LogP contribution is -2.18. The molecule has 0 saturated heterocycles. The summed E-state index contributed by atoms with van der Waals surface area (Å²) in [7, 11) is 0. The lowest BCUT2D eigenvalue weighted by Gasteiger charge is -1.97. The highest BCUT2D eigenvalue weighted by Gasteiger charge is 1.90. The van der Waals surface area contributed by atoms with Crippen molar-refractivity contribution in [3.8, 4) is 0 Å². The minimum absolute atomic E-state index is 0.121. The topological polar surface area (TPSA) is 22.0 Å². The lowest BCUT2D eigenvalue weighted by atomic mass is 10.5. The second-order valence-electron chi connectivity index (χ2n) is 1.84. The second kappa shape index (κ2) is 3.15. The lowest BCUT2D eigenvalue weighted by molar-refractivity contribution is 0.440. The van der Waals surface area contributed by atoms with E-state index in [1.165, 1.54) is 10.6 Å². The highest BCUT2D eigenvalue weighted by molar-refractivity contribution is 4.90. The van der Waals surface area contributed by atoms with Gasteiger partial charge in [-0.15, -0.1) is 0 Å². The molecule has 0 fully saturated rings. The highest BCUT2D eigenvalue weighted by atomic mass is 19.1. The fraction of sp³-hybridized carbons (Fsp3) is 0.286. The number of aryl methyl sites for hydroxylation is 1. The molecule has 0 amide bonds. The molecule has 0 saturated carbocycles. The number of aromatic nitrogens is 1. The Hall–Kier alpha value is -1.12. The molecular weight excluding hydrogens is 133 g/mol. The smallest absolute Gasteiger partial charge is 0.258 e. The number of hydrogen-bond acceptors (Lipinski definition) is 1. The molecule has 0 unspecified atom stereocenters. The molecule has 1 heterocycles. The van der Waals surface area contributed by atoms with Crippen molar-refractivity contribution in [3.63, 3.8) is 0 Å². The minimum atomic E-state index is -0.516. The van der Waals surface area contributed by atoms with E-state index in [9.17, 15) is 9.18 Å². The maximum atomic E-state index is 11.7. The van der Waals surface area contributed by atoms with Gasteiger partial charge >= 0.3 is 0 Å². The average Bonchev–Trinajstić information content (AvgIpc) is 1.94. The molecule has 0 aliphatic rings. The van der Waals surface area contributed by atoms with Gasteiger partial charge in [-0.2, -0.15) is 0 Å². The maximum Gasteiger partial charge on any atom is 0.258 e. The Bertz CT molecular complexity index is 256. The molecule has 10 heavy (non-hydrogen) atoms. The number of alkyl halides is 1. The van der Waals surface area contributed by atoms with Crippen LogP contribution in [0, 0.1) is 6.07 Å². The fourth-order valence-corrected chi connectivity index (χ4v) is 0.684. The Morgan fingerprint density at radius 2 is 2.50 bits per heavy atom. The monoisotopic (exact) mass is 140 g/mol. The molecule has 2 nitrogen and oxygen atoms in total. The summed E-state index contributed by atoms with van der Waals surface area (Å²) < 4.78 is 13.0. The molecule has 0 atom stereocenters. The van der Waals surface area contributed by atoms with E-state index >= 15 is 0 Å². The van der Waals surface area contributed by atoms with Gasteiger partial charge in [0.05, 0.1) is 12.6 Å². The van der Waals surface area contributed by atoms with Crippen LogP contribution < -0.4 is 5.56 Å². The Balaban J connectivity index is 2.92. The zero-order valence-electron chi connectivity index (χ0n) is 5.38. The molecule has 53 valence electrons. The SMILES string of the molecule is O=c1[c]cccn1CCF. The first-order valence-electron chi connectivity index (χ1n) is 2.97. The molecule has 3 heteroatoms. The summed E-state index contributed by atoms with van der Waals surface area (Å²) in [6.07, 6.45) is 1.54. The number of rotatable bonds is 2. The quantitative estimate of drug-likeness (QED) is 0.590. The Kier molecular flexibility index (Phi) is 2.20. The van der Waals surface area contributed by atoms with Crippen molar-refractivity contribution in [2.24, 2.45) is 0 Å². The van der Waals surface area contributed by atoms with E-state index in [1.54, 1.807) is 12.3 Å². The Labute approximate surface area is 57.9 Å². The van der Waals surface area contributed by atoms with Gasteiger partial charge in [0.25, 0.3) is 5.56 Å². The molecule has 1 rings (SSSR count). The van der Waals surface area contributed by atoms with Gasteiger partial charge in [-0.3, -0.25) is 4.79 Å². The highest BCUT2D eigenvalue weighted by Crippen LogP contribution is 1.80. The van der Waals surface area contributed by atoms with Crippen molar-refractivity contribution < 1.29 is 4.39 Å². The van der Waals surface area contributed by atoms with E-state index in [0.717, 1.165) is 0 Å². The predicted octanol–water partition coefficient (Wildman–Crippen LogP) is 0.618. The second-order valence-corrected chi connectivity index (χ2v) is 1.84. The third kappa shape index (κ3) is 1.43. The van der Waals surface area contributed by atoms with E-state index in [-0.39, 0.29) is 12.1 Å². The van der Waals surface area contributed by atoms with Crippen molar-refractivity contribution in [2.45, 2.75) is 6.54 Å². The van der Waals surface area contributed by atoms with Gasteiger partial charge in [-0.25, -0.2) is 4.39 Å². The third-order valence-electron chi connectivity index (χ3n) is 1.16. The summed E-state index contributed by atoms with van der Waals surface area (Å²) >= 11 is 0. The fourth-order valence-electron chi connectivity index (χ4n) is 0.684. The van der Waals surface area contributed by atoms with Crippen LogP contribution in [0.15, 0.2) is 23.1 Å². The van der Waals surface area contributed by atoms with Crippen molar-refractivity contribution in [1.82, 2.24) is 4.57 Å². The molecule has 0 aliphatic heterocycles. The summed E-state index contributed by atoms with van der Waals surface area (Å²) in [6, 6.07) is 5.59. The van der Waals surface area contributed by atoms with E-state index in [2.05, 4.69) is 6.07 Å². The number of hydrogen-bond donors (Lipinski definition) is 0. The van der Waals surface area contributed by atoms with E-state index in [4.69, 9.17) is 0 Å². The van der Waals surface area contributed by atoms with Crippen molar-refractivity contribution >= 4 is 0 Å². The summed E-state index contributed by atoms with van der Waals surface area (Å²) in [5.74, 6) is 0. The molecule has 1 aromatic heterocycles. The molecular formula is C7H7FNO. The Morgan fingerprint density at radius 1 is 1.70 bits per heavy atom. The molecule has 1 radical (unpaired) electrons. The van der Waals surface area contributed by atoms with Crippen LogP contribution in [0.2, 0.25) is 0 Å². The van der Waals surface area contributed by atoms with E-state index in [1.807, 2.05) is 0 Å². The Morgan fingerprint density at radius 3 is 3.10 bits per heavy atom. The van der Waals surface area contributed by atoms with Gasteiger partial charge in [-0.1, -0.05) is 0 Å². The van der Waals surface area contributed by atoms with Crippen LogP contribution in [0.25, 0.3) is 0 Å². The molecule has 0 N–H and O–H groups in total. The number of halogens is 1. The van der Waals surface area contributed by atoms with Crippen LogP contribution in [-0.2, 0) is 6.54 Å². The van der Waals surface area contributed by atoms with Crippen LogP contribution in [0.4, 0.5) is 4.39 Å².